The predicted molar refractivity (Wildman–Crippen MR) is 116 cm³/mol. The molecule has 1 aromatic carbocycles. The molecule has 0 bridgehead atoms. The van der Waals surface area contributed by atoms with Crippen LogP contribution >= 0.6 is 36.2 Å². The van der Waals surface area contributed by atoms with E-state index >= 15 is 0 Å². The molecule has 1 aromatic heterocycles. The van der Waals surface area contributed by atoms with E-state index in [4.69, 9.17) is 0 Å². The van der Waals surface area contributed by atoms with Gasteiger partial charge in [0.05, 0.1) is 12.7 Å². The number of benzene rings is 1. The SMILES string of the molecule is Cl.Cl.O=C(c1cnc(-c2ccccc2F)s1)N1CCCC(N2CCNCC2=O)C1. The highest BCUT2D eigenvalue weighted by molar-refractivity contribution is 7.16. The number of thiazole rings is 1. The quantitative estimate of drug-likeness (QED) is 0.764. The summed E-state index contributed by atoms with van der Waals surface area (Å²) in [6.07, 6.45) is 3.31. The minimum Gasteiger partial charge on any atom is -0.336 e. The number of piperazine rings is 1. The van der Waals surface area contributed by atoms with Crippen molar-refractivity contribution >= 4 is 48.0 Å². The van der Waals surface area contributed by atoms with Gasteiger partial charge in [0.25, 0.3) is 5.91 Å². The third-order valence-electron chi connectivity index (χ3n) is 5.07. The Morgan fingerprint density at radius 3 is 2.79 bits per heavy atom. The van der Waals surface area contributed by atoms with Gasteiger partial charge in [-0.3, -0.25) is 9.59 Å². The van der Waals surface area contributed by atoms with Gasteiger partial charge in [-0.05, 0) is 25.0 Å². The molecule has 0 spiro atoms. The van der Waals surface area contributed by atoms with Crippen molar-refractivity contribution in [3.05, 3.63) is 41.2 Å². The standard InChI is InChI=1S/C19H21FN4O2S.2ClH/c20-15-6-2-1-5-14(15)18-22-10-16(27-18)19(26)23-8-3-4-13(12-23)24-9-7-21-11-17(24)25;;/h1-2,5-6,10,13,21H,3-4,7-9,11-12H2;2*1H. The van der Waals surface area contributed by atoms with E-state index in [1.54, 1.807) is 23.1 Å². The molecule has 1 N–H and O–H groups in total. The van der Waals surface area contributed by atoms with Gasteiger partial charge in [-0.25, -0.2) is 9.37 Å². The van der Waals surface area contributed by atoms with Crippen LogP contribution in [0.2, 0.25) is 0 Å². The predicted octanol–water partition coefficient (Wildman–Crippen LogP) is 2.83. The summed E-state index contributed by atoms with van der Waals surface area (Å²) in [5.74, 6) is -0.344. The zero-order chi connectivity index (χ0) is 18.8. The molecule has 3 heterocycles. The van der Waals surface area contributed by atoms with Crippen LogP contribution in [0.4, 0.5) is 4.39 Å². The van der Waals surface area contributed by atoms with Crippen molar-refractivity contribution < 1.29 is 14.0 Å². The van der Waals surface area contributed by atoms with Crippen LogP contribution in [-0.4, -0.2) is 65.4 Å². The molecule has 2 aliphatic heterocycles. The molecule has 0 radical (unpaired) electrons. The van der Waals surface area contributed by atoms with E-state index < -0.39 is 0 Å². The maximum absolute atomic E-state index is 14.0. The van der Waals surface area contributed by atoms with Crippen LogP contribution in [0.25, 0.3) is 10.6 Å². The van der Waals surface area contributed by atoms with Crippen LogP contribution in [0.3, 0.4) is 0 Å². The van der Waals surface area contributed by atoms with Crippen molar-refractivity contribution in [3.63, 3.8) is 0 Å². The second-order valence-corrected chi connectivity index (χ2v) is 7.85. The molecule has 6 nitrogen and oxygen atoms in total. The maximum Gasteiger partial charge on any atom is 0.265 e. The normalized spacial score (nSPS) is 19.3. The number of carbonyl (C=O) groups excluding carboxylic acids is 2. The lowest BCUT2D eigenvalue weighted by atomic mass is 10.0. The van der Waals surface area contributed by atoms with Gasteiger partial charge in [-0.15, -0.1) is 36.2 Å². The summed E-state index contributed by atoms with van der Waals surface area (Å²) in [5.41, 5.74) is 0.407. The molecule has 10 heteroatoms. The summed E-state index contributed by atoms with van der Waals surface area (Å²) in [7, 11) is 0. The van der Waals surface area contributed by atoms with Crippen molar-refractivity contribution in [1.82, 2.24) is 20.1 Å². The summed E-state index contributed by atoms with van der Waals surface area (Å²) in [4.78, 5) is 33.5. The largest absolute Gasteiger partial charge is 0.336 e. The summed E-state index contributed by atoms with van der Waals surface area (Å²) in [5, 5.41) is 3.58. The number of nitrogens with zero attached hydrogens (tertiary/aromatic N) is 3. The van der Waals surface area contributed by atoms with Crippen molar-refractivity contribution in [2.45, 2.75) is 18.9 Å². The van der Waals surface area contributed by atoms with E-state index in [0.29, 0.717) is 41.6 Å². The fourth-order valence-electron chi connectivity index (χ4n) is 3.69. The number of rotatable bonds is 3. The highest BCUT2D eigenvalue weighted by Crippen LogP contribution is 2.29. The molecular formula is C19H23Cl2FN4O2S. The van der Waals surface area contributed by atoms with Crippen LogP contribution in [-0.2, 0) is 4.79 Å². The Morgan fingerprint density at radius 2 is 2.03 bits per heavy atom. The van der Waals surface area contributed by atoms with Crippen molar-refractivity contribution in [2.75, 3.05) is 32.7 Å². The Kier molecular flexibility index (Phi) is 8.39. The van der Waals surface area contributed by atoms with Gasteiger partial charge in [0.15, 0.2) is 0 Å². The fraction of sp³-hybridized carbons (Fsp3) is 0.421. The number of piperidine rings is 1. The zero-order valence-corrected chi connectivity index (χ0v) is 18.1. The molecule has 0 aliphatic carbocycles. The first-order valence-corrected chi connectivity index (χ1v) is 9.95. The summed E-state index contributed by atoms with van der Waals surface area (Å²) < 4.78 is 14.0. The molecule has 158 valence electrons. The highest BCUT2D eigenvalue weighted by Gasteiger charge is 2.32. The molecule has 29 heavy (non-hydrogen) atoms. The first kappa shape index (κ1) is 23.5. The number of hydrogen-bond acceptors (Lipinski definition) is 5. The van der Waals surface area contributed by atoms with Gasteiger partial charge in [0.1, 0.15) is 15.7 Å². The Hall–Kier alpha value is -1.74. The maximum atomic E-state index is 14.0. The lowest BCUT2D eigenvalue weighted by Crippen LogP contribution is -2.57. The number of hydrogen-bond donors (Lipinski definition) is 1. The molecule has 2 fully saturated rings. The first-order valence-electron chi connectivity index (χ1n) is 9.13. The first-order chi connectivity index (χ1) is 13.1. The lowest BCUT2D eigenvalue weighted by Gasteiger charge is -2.41. The van der Waals surface area contributed by atoms with Crippen LogP contribution in [0.15, 0.2) is 30.5 Å². The molecule has 4 rings (SSSR count). The molecule has 1 atom stereocenters. The smallest absolute Gasteiger partial charge is 0.265 e. The topological polar surface area (TPSA) is 65.5 Å². The summed E-state index contributed by atoms with van der Waals surface area (Å²) in [6, 6.07) is 6.49. The molecule has 1 unspecified atom stereocenters. The van der Waals surface area contributed by atoms with Gasteiger partial charge in [0.2, 0.25) is 5.91 Å². The second kappa shape index (κ2) is 10.3. The van der Waals surface area contributed by atoms with E-state index in [1.165, 1.54) is 23.6 Å². The van der Waals surface area contributed by atoms with Crippen LogP contribution in [0, 0.1) is 5.82 Å². The number of nitrogens with one attached hydrogen (secondary N) is 1. The summed E-state index contributed by atoms with van der Waals surface area (Å²) >= 11 is 1.21. The lowest BCUT2D eigenvalue weighted by molar-refractivity contribution is -0.135. The minimum atomic E-state index is -0.346. The van der Waals surface area contributed by atoms with E-state index in [0.717, 1.165) is 19.4 Å². The Morgan fingerprint density at radius 1 is 1.24 bits per heavy atom. The van der Waals surface area contributed by atoms with E-state index in [9.17, 15) is 14.0 Å². The zero-order valence-electron chi connectivity index (χ0n) is 15.7. The minimum absolute atomic E-state index is 0. The average Bonchev–Trinajstić information content (AvgIpc) is 3.18. The van der Waals surface area contributed by atoms with Gasteiger partial charge in [0, 0.05) is 37.8 Å². The van der Waals surface area contributed by atoms with E-state index in [2.05, 4.69) is 10.3 Å². The van der Waals surface area contributed by atoms with Crippen LogP contribution in [0.5, 0.6) is 0 Å². The Bertz CT molecular complexity index is 866. The van der Waals surface area contributed by atoms with Crippen LogP contribution in [0.1, 0.15) is 22.5 Å². The van der Waals surface area contributed by atoms with Gasteiger partial charge in [-0.1, -0.05) is 12.1 Å². The molecular weight excluding hydrogens is 438 g/mol. The molecule has 2 aromatic rings. The van der Waals surface area contributed by atoms with Crippen molar-refractivity contribution in [3.8, 4) is 10.6 Å². The molecule has 2 aliphatic rings. The van der Waals surface area contributed by atoms with Gasteiger partial charge >= 0.3 is 0 Å². The van der Waals surface area contributed by atoms with Crippen molar-refractivity contribution in [2.24, 2.45) is 0 Å². The fourth-order valence-corrected chi connectivity index (χ4v) is 4.60. The van der Waals surface area contributed by atoms with Crippen molar-refractivity contribution in [1.29, 1.82) is 0 Å². The number of aromatic nitrogens is 1. The number of halogens is 3. The van der Waals surface area contributed by atoms with Gasteiger partial charge < -0.3 is 15.1 Å². The average molecular weight is 461 g/mol. The highest BCUT2D eigenvalue weighted by atomic mass is 35.5. The second-order valence-electron chi connectivity index (χ2n) is 6.82. The monoisotopic (exact) mass is 460 g/mol. The van der Waals surface area contributed by atoms with E-state index in [1.807, 2.05) is 4.90 Å². The Balaban J connectivity index is 0.00000150. The third-order valence-corrected chi connectivity index (χ3v) is 6.09. The Labute approximate surface area is 185 Å². The number of amides is 2. The van der Waals surface area contributed by atoms with Gasteiger partial charge in [-0.2, -0.15) is 0 Å². The summed E-state index contributed by atoms with van der Waals surface area (Å²) in [6.45, 7) is 3.05. The van der Waals surface area contributed by atoms with E-state index in [-0.39, 0.29) is 48.5 Å². The molecule has 0 saturated carbocycles. The molecule has 2 amide bonds. The third kappa shape index (κ3) is 5.06. The number of likely N-dealkylation sites (tertiary alicyclic amines) is 1. The van der Waals surface area contributed by atoms with Crippen LogP contribution < -0.4 is 5.32 Å². The number of carbonyl (C=O) groups is 2. The molecule has 2 saturated heterocycles.